The van der Waals surface area contributed by atoms with Crippen LogP contribution in [0.5, 0.6) is 0 Å². The molecule has 9 nitrogen and oxygen atoms in total. The highest BCUT2D eigenvalue weighted by Gasteiger charge is 2.11. The second kappa shape index (κ2) is 8.34. The molecule has 0 aliphatic rings. The van der Waals surface area contributed by atoms with E-state index in [9.17, 15) is 14.9 Å². The van der Waals surface area contributed by atoms with Crippen molar-refractivity contribution in [1.82, 2.24) is 24.9 Å². The molecule has 2 heterocycles. The van der Waals surface area contributed by atoms with Gasteiger partial charge in [-0.25, -0.2) is 0 Å². The van der Waals surface area contributed by atoms with Gasteiger partial charge in [-0.3, -0.25) is 24.3 Å². The van der Waals surface area contributed by atoms with E-state index in [1.54, 1.807) is 24.3 Å². The molecular weight excluding hydrogens is 428 g/mol. The number of rotatable bonds is 7. The van der Waals surface area contributed by atoms with Crippen LogP contribution in [0.3, 0.4) is 0 Å². The highest BCUT2D eigenvalue weighted by molar-refractivity contribution is 9.10. The van der Waals surface area contributed by atoms with Gasteiger partial charge in [0.2, 0.25) is 0 Å². The quantitative estimate of drug-likeness (QED) is 0.443. The number of nitrogens with zero attached hydrogens (tertiary/aromatic N) is 5. The Balaban J connectivity index is 1.54. The van der Waals surface area contributed by atoms with Gasteiger partial charge in [-0.15, -0.1) is 0 Å². The van der Waals surface area contributed by atoms with Gasteiger partial charge in [0.25, 0.3) is 5.91 Å². The van der Waals surface area contributed by atoms with E-state index in [4.69, 9.17) is 0 Å². The maximum atomic E-state index is 12.3. The van der Waals surface area contributed by atoms with Crippen LogP contribution >= 0.6 is 15.9 Å². The van der Waals surface area contributed by atoms with Gasteiger partial charge >= 0.3 is 5.69 Å². The van der Waals surface area contributed by atoms with Crippen LogP contribution in [0.1, 0.15) is 27.3 Å². The van der Waals surface area contributed by atoms with Gasteiger partial charge in [0.1, 0.15) is 12.4 Å². The number of aromatic nitrogens is 4. The molecule has 10 heteroatoms. The molecule has 1 amide bonds. The van der Waals surface area contributed by atoms with Gasteiger partial charge in [-0.2, -0.15) is 10.2 Å². The zero-order chi connectivity index (χ0) is 20.3. The summed E-state index contributed by atoms with van der Waals surface area (Å²) in [5.41, 5.74) is 3.33. The van der Waals surface area contributed by atoms with Crippen LogP contribution in [0, 0.1) is 24.0 Å². The predicted octanol–water partition coefficient (Wildman–Crippen LogP) is 2.85. The molecule has 146 valence electrons. The fourth-order valence-corrected chi connectivity index (χ4v) is 3.04. The molecule has 0 spiro atoms. The molecule has 0 aliphatic carbocycles. The maximum absolute atomic E-state index is 12.3. The minimum Gasteiger partial charge on any atom is -0.350 e. The fourth-order valence-electron chi connectivity index (χ4n) is 2.75. The SMILES string of the molecule is Cc1nn(CCNC(=O)c2ccc(Cn3cc([N+](=O)[O-])cn3)cc2)c(C)c1Br. The summed E-state index contributed by atoms with van der Waals surface area (Å²) in [5.74, 6) is -0.165. The van der Waals surface area contributed by atoms with E-state index >= 15 is 0 Å². The van der Waals surface area contributed by atoms with E-state index < -0.39 is 4.92 Å². The Bertz CT molecular complexity index is 1010. The lowest BCUT2D eigenvalue weighted by atomic mass is 10.1. The molecule has 0 saturated carbocycles. The summed E-state index contributed by atoms with van der Waals surface area (Å²) in [7, 11) is 0. The fraction of sp³-hybridized carbons (Fsp3) is 0.278. The Hall–Kier alpha value is -3.01. The molecule has 0 bridgehead atoms. The van der Waals surface area contributed by atoms with E-state index in [2.05, 4.69) is 31.4 Å². The van der Waals surface area contributed by atoms with Gasteiger partial charge in [0.05, 0.1) is 28.2 Å². The third-order valence-corrected chi connectivity index (χ3v) is 5.44. The number of amides is 1. The molecular formula is C18H19BrN6O3. The highest BCUT2D eigenvalue weighted by Crippen LogP contribution is 2.19. The van der Waals surface area contributed by atoms with E-state index in [1.165, 1.54) is 17.1 Å². The zero-order valence-electron chi connectivity index (χ0n) is 15.4. The number of carbonyl (C=O) groups is 1. The Morgan fingerprint density at radius 2 is 2.00 bits per heavy atom. The van der Waals surface area contributed by atoms with Gasteiger partial charge < -0.3 is 5.32 Å². The number of carbonyl (C=O) groups excluding carboxylic acids is 1. The summed E-state index contributed by atoms with van der Waals surface area (Å²) < 4.78 is 4.32. The summed E-state index contributed by atoms with van der Waals surface area (Å²) in [6.07, 6.45) is 2.58. The number of halogens is 1. The van der Waals surface area contributed by atoms with Crippen LogP contribution in [-0.4, -0.2) is 36.9 Å². The van der Waals surface area contributed by atoms with Crippen molar-refractivity contribution in [1.29, 1.82) is 0 Å². The molecule has 0 fully saturated rings. The summed E-state index contributed by atoms with van der Waals surface area (Å²) in [6, 6.07) is 7.06. The van der Waals surface area contributed by atoms with Crippen LogP contribution in [0.4, 0.5) is 5.69 Å². The van der Waals surface area contributed by atoms with E-state index in [0.29, 0.717) is 25.2 Å². The third kappa shape index (κ3) is 4.45. The smallest absolute Gasteiger partial charge is 0.307 e. The minimum absolute atomic E-state index is 0.0503. The van der Waals surface area contributed by atoms with Gasteiger partial charge in [0.15, 0.2) is 0 Å². The number of hydrogen-bond donors (Lipinski definition) is 1. The largest absolute Gasteiger partial charge is 0.350 e. The number of nitro groups is 1. The first-order chi connectivity index (χ1) is 13.3. The number of nitrogens with one attached hydrogen (secondary N) is 1. The predicted molar refractivity (Wildman–Crippen MR) is 106 cm³/mol. The topological polar surface area (TPSA) is 108 Å². The average Bonchev–Trinajstić information content (AvgIpc) is 3.23. The van der Waals surface area contributed by atoms with Crippen molar-refractivity contribution in [3.63, 3.8) is 0 Å². The van der Waals surface area contributed by atoms with Crippen molar-refractivity contribution in [3.8, 4) is 0 Å². The lowest BCUT2D eigenvalue weighted by Crippen LogP contribution is -2.27. The molecule has 2 aromatic heterocycles. The van der Waals surface area contributed by atoms with Crippen LogP contribution in [0.25, 0.3) is 0 Å². The number of benzene rings is 1. The van der Waals surface area contributed by atoms with Crippen molar-refractivity contribution in [3.05, 3.63) is 73.8 Å². The normalized spacial score (nSPS) is 10.8. The first-order valence-corrected chi connectivity index (χ1v) is 9.38. The summed E-state index contributed by atoms with van der Waals surface area (Å²) in [6.45, 7) is 5.34. The van der Waals surface area contributed by atoms with Crippen molar-refractivity contribution >= 4 is 27.5 Å². The molecule has 0 atom stereocenters. The van der Waals surface area contributed by atoms with Crippen molar-refractivity contribution in [2.45, 2.75) is 26.9 Å². The zero-order valence-corrected chi connectivity index (χ0v) is 17.0. The number of aryl methyl sites for hydroxylation is 1. The van der Waals surface area contributed by atoms with Gasteiger partial charge in [-0.1, -0.05) is 12.1 Å². The average molecular weight is 447 g/mol. The standard InChI is InChI=1S/C18H19BrN6O3/c1-12-17(19)13(2)24(22-12)8-7-20-18(26)15-5-3-14(4-6-15)10-23-11-16(9-21-23)25(27)28/h3-6,9,11H,7-8,10H2,1-2H3,(H,20,26). The van der Waals surface area contributed by atoms with Crippen LogP contribution < -0.4 is 5.32 Å². The Kier molecular flexibility index (Phi) is 5.88. The van der Waals surface area contributed by atoms with Crippen molar-refractivity contribution in [2.24, 2.45) is 0 Å². The lowest BCUT2D eigenvalue weighted by Gasteiger charge is -2.08. The molecule has 0 aliphatic heterocycles. The van der Waals surface area contributed by atoms with Crippen molar-refractivity contribution < 1.29 is 9.72 Å². The lowest BCUT2D eigenvalue weighted by molar-refractivity contribution is -0.385. The second-order valence-corrected chi connectivity index (χ2v) is 7.11. The second-order valence-electron chi connectivity index (χ2n) is 6.31. The van der Waals surface area contributed by atoms with E-state index in [1.807, 2.05) is 18.5 Å². The van der Waals surface area contributed by atoms with Crippen LogP contribution in [0.2, 0.25) is 0 Å². The molecule has 1 aromatic carbocycles. The number of hydrogen-bond acceptors (Lipinski definition) is 5. The molecule has 3 rings (SSSR count). The Morgan fingerprint density at radius 3 is 2.57 bits per heavy atom. The van der Waals surface area contributed by atoms with Crippen molar-refractivity contribution in [2.75, 3.05) is 6.54 Å². The summed E-state index contributed by atoms with van der Waals surface area (Å²) in [5, 5.41) is 22.0. The van der Waals surface area contributed by atoms with E-state index in [0.717, 1.165) is 21.4 Å². The highest BCUT2D eigenvalue weighted by atomic mass is 79.9. The van der Waals surface area contributed by atoms with Gasteiger partial charge in [0, 0.05) is 17.8 Å². The first-order valence-electron chi connectivity index (χ1n) is 8.58. The molecule has 0 radical (unpaired) electrons. The Morgan fingerprint density at radius 1 is 1.29 bits per heavy atom. The summed E-state index contributed by atoms with van der Waals surface area (Å²) in [4.78, 5) is 22.5. The molecule has 3 aromatic rings. The molecule has 0 unspecified atom stereocenters. The Labute approximate surface area is 169 Å². The monoisotopic (exact) mass is 446 g/mol. The van der Waals surface area contributed by atoms with Gasteiger partial charge in [-0.05, 0) is 47.5 Å². The minimum atomic E-state index is -0.484. The molecule has 28 heavy (non-hydrogen) atoms. The van der Waals surface area contributed by atoms with E-state index in [-0.39, 0.29) is 11.6 Å². The molecule has 1 N–H and O–H groups in total. The maximum Gasteiger partial charge on any atom is 0.307 e. The first kappa shape index (κ1) is 19.7. The molecule has 0 saturated heterocycles. The van der Waals surface area contributed by atoms with Crippen LogP contribution in [-0.2, 0) is 13.1 Å². The third-order valence-electron chi connectivity index (χ3n) is 4.29. The van der Waals surface area contributed by atoms with Crippen LogP contribution in [0.15, 0.2) is 41.1 Å². The summed E-state index contributed by atoms with van der Waals surface area (Å²) >= 11 is 3.49.